The van der Waals surface area contributed by atoms with Crippen molar-refractivity contribution >= 4 is 33.2 Å². The van der Waals surface area contributed by atoms with E-state index in [-0.39, 0.29) is 5.03 Å². The van der Waals surface area contributed by atoms with E-state index in [1.165, 1.54) is 12.5 Å². The van der Waals surface area contributed by atoms with E-state index in [2.05, 4.69) is 30.3 Å². The van der Waals surface area contributed by atoms with Gasteiger partial charge in [-0.15, -0.1) is 0 Å². The van der Waals surface area contributed by atoms with Crippen molar-refractivity contribution in [2.24, 2.45) is 7.05 Å². The highest BCUT2D eigenvalue weighted by Crippen LogP contribution is 2.21. The smallest absolute Gasteiger partial charge is 0.280 e. The Labute approximate surface area is 157 Å². The van der Waals surface area contributed by atoms with Gasteiger partial charge in [0.15, 0.2) is 5.03 Å². The highest BCUT2D eigenvalue weighted by Gasteiger charge is 2.17. The molecular weight excluding hydrogens is 366 g/mol. The molecule has 0 spiro atoms. The largest absolute Gasteiger partial charge is 0.354 e. The lowest BCUT2D eigenvalue weighted by Crippen LogP contribution is -2.13. The number of rotatable bonds is 7. The topological polar surface area (TPSA) is 114 Å². The van der Waals surface area contributed by atoms with Crippen molar-refractivity contribution < 1.29 is 8.42 Å². The van der Waals surface area contributed by atoms with Crippen LogP contribution in [-0.4, -0.2) is 34.5 Å². The summed E-state index contributed by atoms with van der Waals surface area (Å²) in [4.78, 5) is 12.6. The molecule has 0 fully saturated rings. The normalized spacial score (nSPS) is 11.2. The molecule has 3 N–H and O–H groups in total. The predicted molar refractivity (Wildman–Crippen MR) is 105 cm³/mol. The van der Waals surface area contributed by atoms with Gasteiger partial charge in [0.2, 0.25) is 5.95 Å². The van der Waals surface area contributed by atoms with Crippen LogP contribution < -0.4 is 15.4 Å². The lowest BCUT2D eigenvalue weighted by Gasteiger charge is -2.10. The van der Waals surface area contributed by atoms with E-state index >= 15 is 0 Å². The zero-order valence-corrected chi connectivity index (χ0v) is 16.1. The van der Waals surface area contributed by atoms with Gasteiger partial charge in [0, 0.05) is 42.9 Å². The lowest BCUT2D eigenvalue weighted by molar-refractivity contribution is 0.598. The molecule has 0 aliphatic heterocycles. The average molecular weight is 387 g/mol. The fourth-order valence-electron chi connectivity index (χ4n) is 2.37. The van der Waals surface area contributed by atoms with Crippen molar-refractivity contribution in [1.82, 2.24) is 19.5 Å². The zero-order chi connectivity index (χ0) is 19.4. The van der Waals surface area contributed by atoms with Crippen LogP contribution >= 0.6 is 0 Å². The number of nitrogens with zero attached hydrogens (tertiary/aromatic N) is 4. The molecule has 0 aliphatic rings. The summed E-state index contributed by atoms with van der Waals surface area (Å²) in [7, 11) is -2.00. The number of sulfonamides is 1. The van der Waals surface area contributed by atoms with Gasteiger partial charge in [0.1, 0.15) is 5.82 Å². The second-order valence-corrected chi connectivity index (χ2v) is 7.56. The quantitative estimate of drug-likeness (QED) is 0.571. The van der Waals surface area contributed by atoms with Gasteiger partial charge in [-0.1, -0.05) is 0 Å². The number of imidazole rings is 1. The van der Waals surface area contributed by atoms with E-state index in [4.69, 9.17) is 0 Å². The molecule has 2 heterocycles. The molecular formula is C17H21N7O2S. The van der Waals surface area contributed by atoms with Gasteiger partial charge >= 0.3 is 0 Å². The van der Waals surface area contributed by atoms with Gasteiger partial charge in [-0.05, 0) is 38.1 Å². The van der Waals surface area contributed by atoms with Crippen LogP contribution in [0.3, 0.4) is 0 Å². The molecule has 9 nitrogen and oxygen atoms in total. The van der Waals surface area contributed by atoms with Gasteiger partial charge in [0.25, 0.3) is 10.0 Å². The first-order valence-corrected chi connectivity index (χ1v) is 9.81. The minimum atomic E-state index is -3.71. The summed E-state index contributed by atoms with van der Waals surface area (Å²) < 4.78 is 28.7. The molecule has 0 aliphatic carbocycles. The number of anilines is 4. The number of nitrogens with one attached hydrogen (secondary N) is 3. The Balaban J connectivity index is 1.72. The van der Waals surface area contributed by atoms with Crippen molar-refractivity contribution in [2.45, 2.75) is 18.9 Å². The SMILES string of the molecule is CCNc1nc(C)cc(Nc2ccc(NS(=O)(=O)c3cn(C)cn3)cc2)n1. The van der Waals surface area contributed by atoms with Crippen molar-refractivity contribution in [2.75, 3.05) is 21.9 Å². The molecule has 0 saturated carbocycles. The van der Waals surface area contributed by atoms with E-state index < -0.39 is 10.0 Å². The molecule has 0 radical (unpaired) electrons. The van der Waals surface area contributed by atoms with E-state index in [9.17, 15) is 8.42 Å². The summed E-state index contributed by atoms with van der Waals surface area (Å²) in [5, 5.41) is 6.24. The Kier molecular flexibility index (Phi) is 5.26. The highest BCUT2D eigenvalue weighted by atomic mass is 32.2. The fourth-order valence-corrected chi connectivity index (χ4v) is 3.42. The van der Waals surface area contributed by atoms with Crippen LogP contribution in [0, 0.1) is 6.92 Å². The first kappa shape index (κ1) is 18.6. The van der Waals surface area contributed by atoms with Gasteiger partial charge < -0.3 is 15.2 Å². The summed E-state index contributed by atoms with van der Waals surface area (Å²) in [6.07, 6.45) is 2.88. The first-order chi connectivity index (χ1) is 12.9. The molecule has 0 atom stereocenters. The average Bonchev–Trinajstić information content (AvgIpc) is 3.04. The van der Waals surface area contributed by atoms with Crippen molar-refractivity contribution in [3.8, 4) is 0 Å². The summed E-state index contributed by atoms with van der Waals surface area (Å²) >= 11 is 0. The standard InChI is InChI=1S/C17H21N7O2S/c1-4-18-17-20-12(2)9-15(22-17)21-13-5-7-14(8-6-13)23-27(25,26)16-10-24(3)11-19-16/h5-11,23H,4H2,1-3H3,(H2,18,20,21,22). The number of hydrogen-bond donors (Lipinski definition) is 3. The first-order valence-electron chi connectivity index (χ1n) is 8.33. The van der Waals surface area contributed by atoms with E-state index in [0.717, 1.165) is 17.9 Å². The van der Waals surface area contributed by atoms with E-state index in [1.54, 1.807) is 35.9 Å². The van der Waals surface area contributed by atoms with Crippen molar-refractivity contribution in [3.05, 3.63) is 48.5 Å². The van der Waals surface area contributed by atoms with Crippen LogP contribution in [0.15, 0.2) is 47.9 Å². The Morgan fingerprint density at radius 2 is 1.81 bits per heavy atom. The third kappa shape index (κ3) is 4.73. The number of hydrogen-bond acceptors (Lipinski definition) is 7. The molecule has 1 aromatic carbocycles. The number of aromatic nitrogens is 4. The Morgan fingerprint density at radius 1 is 1.11 bits per heavy atom. The third-order valence-corrected chi connectivity index (χ3v) is 4.82. The lowest BCUT2D eigenvalue weighted by atomic mass is 10.3. The minimum Gasteiger partial charge on any atom is -0.354 e. The van der Waals surface area contributed by atoms with Crippen molar-refractivity contribution in [3.63, 3.8) is 0 Å². The molecule has 0 bridgehead atoms. The predicted octanol–water partition coefficient (Wildman–Crippen LogP) is 2.49. The van der Waals surface area contributed by atoms with E-state index in [1.807, 2.05) is 19.9 Å². The third-order valence-electron chi connectivity index (χ3n) is 3.56. The van der Waals surface area contributed by atoms with Crippen LogP contribution in [0.2, 0.25) is 0 Å². The molecule has 3 aromatic rings. The van der Waals surface area contributed by atoms with Crippen LogP contribution in [0.4, 0.5) is 23.1 Å². The molecule has 27 heavy (non-hydrogen) atoms. The van der Waals surface area contributed by atoms with Gasteiger partial charge in [-0.25, -0.2) is 9.97 Å². The minimum absolute atomic E-state index is 0.0281. The van der Waals surface area contributed by atoms with Gasteiger partial charge in [-0.3, -0.25) is 4.72 Å². The molecule has 0 saturated heterocycles. The van der Waals surface area contributed by atoms with Gasteiger partial charge in [-0.2, -0.15) is 13.4 Å². The second-order valence-electron chi connectivity index (χ2n) is 5.93. The Bertz CT molecular complexity index is 1030. The molecule has 10 heteroatoms. The monoisotopic (exact) mass is 387 g/mol. The maximum absolute atomic E-state index is 12.3. The van der Waals surface area contributed by atoms with Gasteiger partial charge in [0.05, 0.1) is 6.33 Å². The Morgan fingerprint density at radius 3 is 2.44 bits per heavy atom. The Hall–Kier alpha value is -3.14. The number of benzene rings is 1. The van der Waals surface area contributed by atoms with Crippen molar-refractivity contribution in [1.29, 1.82) is 0 Å². The molecule has 3 rings (SSSR count). The maximum atomic E-state index is 12.3. The molecule has 0 unspecified atom stereocenters. The zero-order valence-electron chi connectivity index (χ0n) is 15.3. The summed E-state index contributed by atoms with van der Waals surface area (Å²) in [6.45, 7) is 4.60. The van der Waals surface area contributed by atoms with Crippen LogP contribution in [0.25, 0.3) is 0 Å². The molecule has 2 aromatic heterocycles. The van der Waals surface area contributed by atoms with Crippen LogP contribution in [0.5, 0.6) is 0 Å². The number of aryl methyl sites for hydroxylation is 2. The molecule has 0 amide bonds. The second kappa shape index (κ2) is 7.62. The summed E-state index contributed by atoms with van der Waals surface area (Å²) in [5.41, 5.74) is 2.05. The summed E-state index contributed by atoms with van der Waals surface area (Å²) in [5.74, 6) is 1.21. The fraction of sp³-hybridized carbons (Fsp3) is 0.235. The van der Waals surface area contributed by atoms with Crippen LogP contribution in [-0.2, 0) is 17.1 Å². The van der Waals surface area contributed by atoms with Crippen LogP contribution in [0.1, 0.15) is 12.6 Å². The highest BCUT2D eigenvalue weighted by molar-refractivity contribution is 7.92. The molecule has 142 valence electrons. The van der Waals surface area contributed by atoms with E-state index in [0.29, 0.717) is 17.5 Å². The maximum Gasteiger partial charge on any atom is 0.280 e. The summed E-state index contributed by atoms with van der Waals surface area (Å²) in [6, 6.07) is 8.70.